The van der Waals surface area contributed by atoms with Gasteiger partial charge in [0, 0.05) is 24.8 Å². The van der Waals surface area contributed by atoms with Gasteiger partial charge in [-0.25, -0.2) is 4.98 Å². The molecule has 0 aliphatic carbocycles. The lowest BCUT2D eigenvalue weighted by Crippen LogP contribution is -2.28. The van der Waals surface area contributed by atoms with Gasteiger partial charge in [0.2, 0.25) is 5.91 Å². The van der Waals surface area contributed by atoms with Crippen LogP contribution in [0.3, 0.4) is 0 Å². The van der Waals surface area contributed by atoms with E-state index in [9.17, 15) is 4.79 Å². The van der Waals surface area contributed by atoms with Crippen LogP contribution in [0.2, 0.25) is 0 Å². The van der Waals surface area contributed by atoms with E-state index in [0.717, 1.165) is 33.2 Å². The van der Waals surface area contributed by atoms with E-state index in [2.05, 4.69) is 10.6 Å². The molecule has 0 spiro atoms. The molecule has 0 unspecified atom stereocenters. The number of amides is 1. The number of benzene rings is 3. The number of rotatable bonds is 7. The largest absolute Gasteiger partial charge is 0.496 e. The Bertz CT molecular complexity index is 1160. The lowest BCUT2D eigenvalue weighted by atomic mass is 10.2. The van der Waals surface area contributed by atoms with E-state index in [-0.39, 0.29) is 5.91 Å². The van der Waals surface area contributed by atoms with Crippen molar-refractivity contribution in [1.82, 2.24) is 14.5 Å². The molecule has 152 valence electrons. The summed E-state index contributed by atoms with van der Waals surface area (Å²) in [7, 11) is 3.46. The Kier molecular flexibility index (Phi) is 6.05. The molecule has 0 aliphatic heterocycles. The van der Waals surface area contributed by atoms with Crippen molar-refractivity contribution in [3.05, 3.63) is 84.4 Å². The zero-order chi connectivity index (χ0) is 20.9. The first-order chi connectivity index (χ1) is 14.7. The van der Waals surface area contributed by atoms with Crippen molar-refractivity contribution in [2.24, 2.45) is 0 Å². The Hall–Kier alpha value is -3.25. The molecule has 0 saturated carbocycles. The van der Waals surface area contributed by atoms with Crippen LogP contribution in [-0.4, -0.2) is 40.3 Å². The molecule has 0 aliphatic rings. The maximum absolute atomic E-state index is 12.8. The quantitative estimate of drug-likeness (QED) is 0.406. The van der Waals surface area contributed by atoms with Crippen molar-refractivity contribution in [1.29, 1.82) is 0 Å². The Morgan fingerprint density at radius 2 is 1.70 bits per heavy atom. The zero-order valence-corrected chi connectivity index (χ0v) is 17.8. The van der Waals surface area contributed by atoms with Gasteiger partial charge in [-0.1, -0.05) is 60.3 Å². The van der Waals surface area contributed by atoms with Crippen LogP contribution in [0.4, 0.5) is 0 Å². The maximum atomic E-state index is 12.8. The molecule has 4 rings (SSSR count). The Labute approximate surface area is 180 Å². The van der Waals surface area contributed by atoms with Gasteiger partial charge in [0.15, 0.2) is 5.16 Å². The van der Waals surface area contributed by atoms with Crippen LogP contribution in [0.15, 0.2) is 84.0 Å². The number of fused-ring (bicyclic) bond motifs is 1. The Morgan fingerprint density at radius 3 is 2.50 bits per heavy atom. The standard InChI is InChI=1S/C24H23N3O2S/c1-26(16-18-10-6-9-15-22(18)29-2)23(28)17-30-24-25-20-13-7-8-14-21(20)27(24)19-11-4-3-5-12-19/h3-15H,16-17H2,1-2H3. The second kappa shape index (κ2) is 9.05. The van der Waals surface area contributed by atoms with E-state index < -0.39 is 0 Å². The topological polar surface area (TPSA) is 47.4 Å². The summed E-state index contributed by atoms with van der Waals surface area (Å²) in [5.74, 6) is 1.13. The van der Waals surface area contributed by atoms with Gasteiger partial charge in [-0.2, -0.15) is 0 Å². The number of carbonyl (C=O) groups is 1. The third kappa shape index (κ3) is 4.19. The molecule has 0 bridgehead atoms. The number of methoxy groups -OCH3 is 1. The highest BCUT2D eigenvalue weighted by Crippen LogP contribution is 2.28. The van der Waals surface area contributed by atoms with Gasteiger partial charge in [-0.15, -0.1) is 0 Å². The van der Waals surface area contributed by atoms with E-state index >= 15 is 0 Å². The number of aromatic nitrogens is 2. The predicted octanol–water partition coefficient (Wildman–Crippen LogP) is 4.78. The van der Waals surface area contributed by atoms with Gasteiger partial charge < -0.3 is 9.64 Å². The zero-order valence-electron chi connectivity index (χ0n) is 17.0. The first-order valence-corrected chi connectivity index (χ1v) is 10.7. The second-order valence-electron chi connectivity index (χ2n) is 6.90. The number of hydrogen-bond donors (Lipinski definition) is 0. The van der Waals surface area contributed by atoms with Gasteiger partial charge in [-0.3, -0.25) is 9.36 Å². The summed E-state index contributed by atoms with van der Waals surface area (Å²) in [5.41, 5.74) is 3.96. The number of hydrogen-bond acceptors (Lipinski definition) is 4. The summed E-state index contributed by atoms with van der Waals surface area (Å²) in [6, 6.07) is 25.9. The van der Waals surface area contributed by atoms with Crippen LogP contribution in [0.5, 0.6) is 5.75 Å². The van der Waals surface area contributed by atoms with Crippen LogP contribution in [0.1, 0.15) is 5.56 Å². The molecule has 1 heterocycles. The summed E-state index contributed by atoms with van der Waals surface area (Å²) in [6.07, 6.45) is 0. The van der Waals surface area contributed by atoms with Gasteiger partial charge >= 0.3 is 0 Å². The van der Waals surface area contributed by atoms with Gasteiger partial charge in [-0.05, 0) is 30.3 Å². The van der Waals surface area contributed by atoms with E-state index in [1.165, 1.54) is 11.8 Å². The second-order valence-corrected chi connectivity index (χ2v) is 7.85. The van der Waals surface area contributed by atoms with Crippen molar-refractivity contribution < 1.29 is 9.53 Å². The molecule has 0 radical (unpaired) electrons. The van der Waals surface area contributed by atoms with Crippen LogP contribution in [-0.2, 0) is 11.3 Å². The van der Waals surface area contributed by atoms with Crippen LogP contribution >= 0.6 is 11.8 Å². The highest BCUT2D eigenvalue weighted by atomic mass is 32.2. The fourth-order valence-electron chi connectivity index (χ4n) is 3.34. The van der Waals surface area contributed by atoms with Crippen molar-refractivity contribution >= 4 is 28.7 Å². The molecule has 6 heteroatoms. The number of ether oxygens (including phenoxy) is 1. The molecule has 5 nitrogen and oxygen atoms in total. The van der Waals surface area contributed by atoms with E-state index in [1.807, 2.05) is 79.8 Å². The summed E-state index contributed by atoms with van der Waals surface area (Å²) < 4.78 is 7.50. The first-order valence-electron chi connectivity index (χ1n) is 9.69. The van der Waals surface area contributed by atoms with Crippen molar-refractivity contribution in [2.45, 2.75) is 11.7 Å². The third-order valence-corrected chi connectivity index (χ3v) is 5.82. The summed E-state index contributed by atoms with van der Waals surface area (Å²) >= 11 is 1.45. The molecular weight excluding hydrogens is 394 g/mol. The van der Waals surface area contributed by atoms with Crippen molar-refractivity contribution in [2.75, 3.05) is 19.9 Å². The van der Waals surface area contributed by atoms with Gasteiger partial charge in [0.05, 0.1) is 23.9 Å². The minimum atomic E-state index is 0.0394. The Morgan fingerprint density at radius 1 is 1.00 bits per heavy atom. The molecule has 0 N–H and O–H groups in total. The molecule has 4 aromatic rings. The average Bonchev–Trinajstić information content (AvgIpc) is 3.16. The normalized spacial score (nSPS) is 10.9. The summed E-state index contributed by atoms with van der Waals surface area (Å²) in [4.78, 5) is 19.3. The van der Waals surface area contributed by atoms with Gasteiger partial charge in [0.1, 0.15) is 5.75 Å². The molecule has 3 aromatic carbocycles. The highest BCUT2D eigenvalue weighted by Gasteiger charge is 2.17. The van der Waals surface area contributed by atoms with Crippen molar-refractivity contribution in [3.8, 4) is 11.4 Å². The maximum Gasteiger partial charge on any atom is 0.233 e. The number of thioether (sulfide) groups is 1. The molecule has 30 heavy (non-hydrogen) atoms. The average molecular weight is 418 g/mol. The first kappa shape index (κ1) is 20.0. The van der Waals surface area contributed by atoms with Gasteiger partial charge in [0.25, 0.3) is 0 Å². The van der Waals surface area contributed by atoms with Crippen molar-refractivity contribution in [3.63, 3.8) is 0 Å². The number of nitrogens with zero attached hydrogens (tertiary/aromatic N) is 3. The fraction of sp³-hybridized carbons (Fsp3) is 0.167. The van der Waals surface area contributed by atoms with Crippen LogP contribution < -0.4 is 4.74 Å². The third-order valence-electron chi connectivity index (χ3n) is 4.89. The molecule has 1 aromatic heterocycles. The summed E-state index contributed by atoms with van der Waals surface area (Å²) in [5, 5.41) is 0.807. The van der Waals surface area contributed by atoms with E-state index in [0.29, 0.717) is 12.3 Å². The van der Waals surface area contributed by atoms with Crippen LogP contribution in [0.25, 0.3) is 16.7 Å². The van der Waals surface area contributed by atoms with E-state index in [1.54, 1.807) is 12.0 Å². The smallest absolute Gasteiger partial charge is 0.233 e. The van der Waals surface area contributed by atoms with Crippen LogP contribution in [0, 0.1) is 0 Å². The molecule has 1 amide bonds. The monoisotopic (exact) mass is 417 g/mol. The number of carbonyl (C=O) groups excluding carboxylic acids is 1. The fourth-order valence-corrected chi connectivity index (χ4v) is 4.31. The highest BCUT2D eigenvalue weighted by molar-refractivity contribution is 7.99. The summed E-state index contributed by atoms with van der Waals surface area (Å²) in [6.45, 7) is 0.499. The molecular formula is C24H23N3O2S. The minimum absolute atomic E-state index is 0.0394. The minimum Gasteiger partial charge on any atom is -0.496 e. The number of imidazole rings is 1. The lowest BCUT2D eigenvalue weighted by Gasteiger charge is -2.18. The molecule has 0 atom stereocenters. The number of para-hydroxylation sites is 4. The molecule has 0 fully saturated rings. The lowest BCUT2D eigenvalue weighted by molar-refractivity contribution is -0.127. The SMILES string of the molecule is COc1ccccc1CN(C)C(=O)CSc1nc2ccccc2n1-c1ccccc1. The molecule has 0 saturated heterocycles. The van der Waals surface area contributed by atoms with E-state index in [4.69, 9.17) is 9.72 Å². The Balaban J connectivity index is 1.53. The predicted molar refractivity (Wildman–Crippen MR) is 121 cm³/mol.